The highest BCUT2D eigenvalue weighted by Crippen LogP contribution is 2.35. The Labute approximate surface area is 256 Å². The Morgan fingerprint density at radius 3 is 2.21 bits per heavy atom. The van der Waals surface area contributed by atoms with Gasteiger partial charge in [-0.3, -0.25) is 4.79 Å². The van der Waals surface area contributed by atoms with Gasteiger partial charge in [0, 0.05) is 43.5 Å². The number of ether oxygens (including phenoxy) is 2. The number of aromatic nitrogens is 2. The summed E-state index contributed by atoms with van der Waals surface area (Å²) in [6.07, 6.45) is 3.34. The lowest BCUT2D eigenvalue weighted by atomic mass is 10.1. The van der Waals surface area contributed by atoms with Gasteiger partial charge in [0.05, 0.1) is 39.9 Å². The second-order valence-electron chi connectivity index (χ2n) is 11.3. The first kappa shape index (κ1) is 29.8. The van der Waals surface area contributed by atoms with E-state index in [2.05, 4.69) is 9.89 Å². The minimum Gasteiger partial charge on any atom is -0.373 e. The number of amidine groups is 1. The Balaban J connectivity index is 1.36. The van der Waals surface area contributed by atoms with Crippen LogP contribution in [0.2, 0.25) is 0 Å². The number of morpholine rings is 2. The maximum Gasteiger partial charge on any atom is 0.286 e. The molecule has 226 valence electrons. The molecule has 0 bridgehead atoms. The molecule has 0 radical (unpaired) electrons. The number of nitrogens with zero attached hydrogens (tertiary/aromatic N) is 5. The predicted octanol–water partition coefficient (Wildman–Crippen LogP) is 4.42. The van der Waals surface area contributed by atoms with Crippen molar-refractivity contribution < 1.29 is 22.7 Å². The quantitative estimate of drug-likeness (QED) is 0.386. The van der Waals surface area contributed by atoms with Crippen molar-refractivity contribution in [3.63, 3.8) is 0 Å². The molecule has 12 heteroatoms. The van der Waals surface area contributed by atoms with Crippen LogP contribution in [-0.4, -0.2) is 89.1 Å². The van der Waals surface area contributed by atoms with Crippen LogP contribution in [0.25, 0.3) is 23.0 Å². The van der Waals surface area contributed by atoms with Gasteiger partial charge in [-0.2, -0.15) is 14.4 Å². The number of aliphatic imine (C=N–C) groups is 1. The molecule has 10 nitrogen and oxygen atoms in total. The second-order valence-corrected chi connectivity index (χ2v) is 14.2. The van der Waals surface area contributed by atoms with Crippen molar-refractivity contribution in [2.75, 3.05) is 26.2 Å². The number of thioether (sulfide) groups is 1. The molecule has 1 amide bonds. The fraction of sp³-hybridized carbons (Fsp3) is 0.387. The predicted molar refractivity (Wildman–Crippen MR) is 167 cm³/mol. The summed E-state index contributed by atoms with van der Waals surface area (Å²) in [6, 6.07) is 16.5. The van der Waals surface area contributed by atoms with Gasteiger partial charge in [-0.25, -0.2) is 13.1 Å². The Morgan fingerprint density at radius 2 is 1.53 bits per heavy atom. The lowest BCUT2D eigenvalue weighted by molar-refractivity contribution is -0.113. The molecule has 3 aliphatic heterocycles. The zero-order valence-electron chi connectivity index (χ0n) is 24.6. The van der Waals surface area contributed by atoms with Crippen LogP contribution in [-0.2, 0) is 24.3 Å². The molecule has 43 heavy (non-hydrogen) atoms. The number of rotatable bonds is 5. The normalized spacial score (nSPS) is 26.2. The SMILES string of the molecule is CC1CN(C2=NC(=O)/C(=C/c3cn(-c4ccccc4)nc3-c3cccc(S(=O)(=O)N4CC(C)OC(C)C4)c3)S2)CC(C)O1. The summed E-state index contributed by atoms with van der Waals surface area (Å²) in [5.41, 5.74) is 2.71. The molecule has 4 unspecified atom stereocenters. The van der Waals surface area contributed by atoms with E-state index in [0.717, 1.165) is 5.69 Å². The largest absolute Gasteiger partial charge is 0.373 e. The lowest BCUT2D eigenvalue weighted by Gasteiger charge is -2.35. The van der Waals surface area contributed by atoms with Crippen LogP contribution in [0, 0.1) is 0 Å². The first-order chi connectivity index (χ1) is 20.6. The van der Waals surface area contributed by atoms with Crippen molar-refractivity contribution in [2.24, 2.45) is 4.99 Å². The highest BCUT2D eigenvalue weighted by Gasteiger charge is 2.33. The van der Waals surface area contributed by atoms with Crippen molar-refractivity contribution in [1.29, 1.82) is 0 Å². The maximum atomic E-state index is 13.7. The molecule has 0 saturated carbocycles. The number of amides is 1. The van der Waals surface area contributed by atoms with Gasteiger partial charge in [-0.15, -0.1) is 0 Å². The van der Waals surface area contributed by atoms with E-state index in [0.29, 0.717) is 53.1 Å². The van der Waals surface area contributed by atoms with Crippen LogP contribution in [0.15, 0.2) is 75.6 Å². The molecule has 1 aromatic heterocycles. The van der Waals surface area contributed by atoms with E-state index < -0.39 is 10.0 Å². The Kier molecular flexibility index (Phi) is 8.31. The van der Waals surface area contributed by atoms with Crippen LogP contribution >= 0.6 is 11.8 Å². The van der Waals surface area contributed by atoms with Crippen LogP contribution in [0.5, 0.6) is 0 Å². The van der Waals surface area contributed by atoms with Crippen molar-refractivity contribution >= 4 is 38.9 Å². The van der Waals surface area contributed by atoms with Crippen LogP contribution in [0.1, 0.15) is 33.3 Å². The van der Waals surface area contributed by atoms with E-state index in [4.69, 9.17) is 14.6 Å². The Morgan fingerprint density at radius 1 is 0.884 bits per heavy atom. The van der Waals surface area contributed by atoms with Crippen LogP contribution < -0.4 is 0 Å². The minimum absolute atomic E-state index is 0.0401. The van der Waals surface area contributed by atoms with E-state index in [9.17, 15) is 13.2 Å². The third kappa shape index (κ3) is 6.34. The molecular weight excluding hydrogens is 587 g/mol. The molecule has 4 atom stereocenters. The minimum atomic E-state index is -3.77. The number of hydrogen-bond acceptors (Lipinski definition) is 8. The second kappa shape index (κ2) is 12.0. The molecule has 2 fully saturated rings. The van der Waals surface area contributed by atoms with Crippen molar-refractivity contribution in [1.82, 2.24) is 19.0 Å². The summed E-state index contributed by atoms with van der Waals surface area (Å²) >= 11 is 1.34. The van der Waals surface area contributed by atoms with Crippen LogP contribution in [0.3, 0.4) is 0 Å². The summed E-state index contributed by atoms with van der Waals surface area (Å²) in [7, 11) is -3.77. The number of para-hydroxylation sites is 1. The van der Waals surface area contributed by atoms with E-state index in [-0.39, 0.29) is 35.2 Å². The highest BCUT2D eigenvalue weighted by molar-refractivity contribution is 8.18. The standard InChI is InChI=1S/C31H35N5O5S2/c1-20-15-34(16-21(2)40-20)31-32-30(37)28(42-31)14-25-19-36(26-10-6-5-7-11-26)33-29(25)24-9-8-12-27(13-24)43(38,39)35-17-22(3)41-23(4)18-35/h5-14,19-23H,15-18H2,1-4H3/b28-14-. The fourth-order valence-corrected chi connectivity index (χ4v) is 8.28. The van der Waals surface area contributed by atoms with Crippen molar-refractivity contribution in [3.05, 3.63) is 71.3 Å². The third-order valence-electron chi connectivity index (χ3n) is 7.48. The molecule has 0 N–H and O–H groups in total. The van der Waals surface area contributed by atoms with Crippen LogP contribution in [0.4, 0.5) is 0 Å². The van der Waals surface area contributed by atoms with Gasteiger partial charge in [0.1, 0.15) is 5.69 Å². The highest BCUT2D eigenvalue weighted by atomic mass is 32.2. The van der Waals surface area contributed by atoms with Gasteiger partial charge in [-0.05, 0) is 69.8 Å². The summed E-state index contributed by atoms with van der Waals surface area (Å²) in [5.74, 6) is -0.308. The van der Waals surface area contributed by atoms with Gasteiger partial charge in [0.2, 0.25) is 10.0 Å². The molecular formula is C31H35N5O5S2. The summed E-state index contributed by atoms with van der Waals surface area (Å²) < 4.78 is 42.2. The number of carbonyl (C=O) groups is 1. The molecule has 3 aromatic rings. The molecule has 0 aliphatic carbocycles. The van der Waals surface area contributed by atoms with E-state index in [1.807, 2.05) is 70.3 Å². The van der Waals surface area contributed by atoms with E-state index in [1.165, 1.54) is 16.1 Å². The molecule has 4 heterocycles. The first-order valence-electron chi connectivity index (χ1n) is 14.4. The van der Waals surface area contributed by atoms with Gasteiger partial charge >= 0.3 is 0 Å². The smallest absolute Gasteiger partial charge is 0.286 e. The summed E-state index contributed by atoms with van der Waals surface area (Å²) in [6.45, 7) is 9.69. The summed E-state index contributed by atoms with van der Waals surface area (Å²) in [4.78, 5) is 20.2. The van der Waals surface area contributed by atoms with E-state index >= 15 is 0 Å². The average molecular weight is 622 g/mol. The van der Waals surface area contributed by atoms with Gasteiger partial charge in [0.15, 0.2) is 5.17 Å². The van der Waals surface area contributed by atoms with Gasteiger partial charge in [0.25, 0.3) is 5.91 Å². The number of carbonyl (C=O) groups excluding carboxylic acids is 1. The Bertz CT molecular complexity index is 1670. The zero-order chi connectivity index (χ0) is 30.3. The molecule has 2 saturated heterocycles. The Hall–Kier alpha value is -3.29. The van der Waals surface area contributed by atoms with E-state index in [1.54, 1.807) is 29.0 Å². The first-order valence-corrected chi connectivity index (χ1v) is 16.7. The average Bonchev–Trinajstić information content (AvgIpc) is 3.56. The molecule has 2 aromatic carbocycles. The third-order valence-corrected chi connectivity index (χ3v) is 10.4. The van der Waals surface area contributed by atoms with Gasteiger partial charge < -0.3 is 14.4 Å². The van der Waals surface area contributed by atoms with Crippen molar-refractivity contribution in [2.45, 2.75) is 57.0 Å². The number of hydrogen-bond donors (Lipinski definition) is 0. The molecule has 3 aliphatic rings. The van der Waals surface area contributed by atoms with Crippen molar-refractivity contribution in [3.8, 4) is 16.9 Å². The lowest BCUT2D eigenvalue weighted by Crippen LogP contribution is -2.48. The van der Waals surface area contributed by atoms with Gasteiger partial charge in [-0.1, -0.05) is 30.3 Å². The topological polar surface area (TPSA) is 106 Å². The number of sulfonamides is 1. The molecule has 0 spiro atoms. The number of benzene rings is 2. The summed E-state index contributed by atoms with van der Waals surface area (Å²) in [5, 5.41) is 5.53. The molecule has 6 rings (SSSR count). The maximum absolute atomic E-state index is 13.7. The zero-order valence-corrected chi connectivity index (χ0v) is 26.2. The fourth-order valence-electron chi connectivity index (χ4n) is 5.72. The monoisotopic (exact) mass is 621 g/mol.